The molecule has 51 heavy (non-hydrogen) atoms. The Balaban J connectivity index is 1.14. The molecule has 2 aromatic carbocycles. The van der Waals surface area contributed by atoms with Crippen LogP contribution in [0.15, 0.2) is 42.5 Å². The maximum absolute atomic E-state index is 14.9. The number of carbonyl (C=O) groups excluding carboxylic acids is 2. The third kappa shape index (κ3) is 8.29. The summed E-state index contributed by atoms with van der Waals surface area (Å²) < 4.78 is 79.6. The van der Waals surface area contributed by atoms with Crippen LogP contribution in [0.2, 0.25) is 0 Å². The Morgan fingerprint density at radius 2 is 1.67 bits per heavy atom. The van der Waals surface area contributed by atoms with Crippen molar-refractivity contribution in [2.75, 3.05) is 71.5 Å². The number of esters is 1. The molecule has 3 atom stereocenters. The first-order valence-corrected chi connectivity index (χ1v) is 18.1. The van der Waals surface area contributed by atoms with Crippen molar-refractivity contribution in [2.45, 2.75) is 62.8 Å². The summed E-state index contributed by atoms with van der Waals surface area (Å²) in [4.78, 5) is 31.2. The summed E-state index contributed by atoms with van der Waals surface area (Å²) in [6.45, 7) is 4.57. The third-order valence-corrected chi connectivity index (χ3v) is 11.9. The average Bonchev–Trinajstić information content (AvgIpc) is 3.53. The number of alkyl halides is 4. The van der Waals surface area contributed by atoms with Gasteiger partial charge in [-0.15, -0.1) is 0 Å². The zero-order valence-electron chi connectivity index (χ0n) is 29.4. The quantitative estimate of drug-likeness (QED) is 0.201. The molecule has 1 aliphatic carbocycles. The number of piperidine rings is 1. The van der Waals surface area contributed by atoms with Gasteiger partial charge in [-0.2, -0.15) is 13.2 Å². The number of hydrogen-bond acceptors (Lipinski definition) is 7. The predicted molar refractivity (Wildman–Crippen MR) is 182 cm³/mol. The molecule has 0 unspecified atom stereocenters. The highest BCUT2D eigenvalue weighted by molar-refractivity contribution is 5.69. The molecule has 0 bridgehead atoms. The number of amides is 1. The van der Waals surface area contributed by atoms with E-state index in [0.29, 0.717) is 5.92 Å². The maximum Gasteiger partial charge on any atom is 0.416 e. The van der Waals surface area contributed by atoms with Gasteiger partial charge in [-0.05, 0) is 98.0 Å². The van der Waals surface area contributed by atoms with Gasteiger partial charge in [-0.3, -0.25) is 9.69 Å². The van der Waals surface area contributed by atoms with Crippen LogP contribution < -0.4 is 10.2 Å². The van der Waals surface area contributed by atoms with Crippen molar-refractivity contribution >= 4 is 17.7 Å². The monoisotopic (exact) mass is 720 g/mol. The van der Waals surface area contributed by atoms with Crippen LogP contribution in [0.5, 0.6) is 0 Å². The SMILES string of the molecule is COC(=O)C[C@H]1CCC[C@@H]1[C@](CNC(=O)OC)(c1cccc(F)c1)C1CCN(CC2CN(c3ccc(C(F)(F)F)c(CN4CC(F)C4)c3)C2)CC1. The van der Waals surface area contributed by atoms with Crippen LogP contribution in [0.1, 0.15) is 55.2 Å². The average molecular weight is 721 g/mol. The van der Waals surface area contributed by atoms with Crippen molar-refractivity contribution in [3.8, 4) is 0 Å². The van der Waals surface area contributed by atoms with Crippen molar-refractivity contribution in [3.05, 3.63) is 65.0 Å². The Labute approximate surface area is 296 Å². The van der Waals surface area contributed by atoms with E-state index in [-0.39, 0.29) is 67.7 Å². The second-order valence-corrected chi connectivity index (χ2v) is 15.0. The van der Waals surface area contributed by atoms with Gasteiger partial charge in [-0.25, -0.2) is 13.6 Å². The molecule has 1 amide bonds. The lowest BCUT2D eigenvalue weighted by Gasteiger charge is -2.51. The number of ether oxygens (including phenoxy) is 2. The molecular weight excluding hydrogens is 671 g/mol. The minimum absolute atomic E-state index is 0.0143. The highest BCUT2D eigenvalue weighted by Crippen LogP contribution is 2.53. The largest absolute Gasteiger partial charge is 0.469 e. The lowest BCUT2D eigenvalue weighted by Crippen LogP contribution is -2.56. The summed E-state index contributed by atoms with van der Waals surface area (Å²) in [5, 5.41) is 2.97. The molecule has 0 radical (unpaired) electrons. The number of nitrogens with zero attached hydrogens (tertiary/aromatic N) is 3. The summed E-state index contributed by atoms with van der Waals surface area (Å²) in [7, 11) is 2.71. The van der Waals surface area contributed by atoms with Gasteiger partial charge in [0, 0.05) is 69.3 Å². The van der Waals surface area contributed by atoms with Crippen molar-refractivity contribution in [1.29, 1.82) is 0 Å². The van der Waals surface area contributed by atoms with E-state index in [1.165, 1.54) is 26.4 Å². The van der Waals surface area contributed by atoms with Crippen molar-refractivity contribution in [1.82, 2.24) is 15.1 Å². The molecule has 4 fully saturated rings. The number of alkyl carbamates (subject to hydrolysis) is 1. The van der Waals surface area contributed by atoms with Crippen molar-refractivity contribution in [2.24, 2.45) is 23.7 Å². The normalized spacial score (nSPS) is 23.7. The van der Waals surface area contributed by atoms with Crippen LogP contribution in [0.3, 0.4) is 0 Å². The van der Waals surface area contributed by atoms with Gasteiger partial charge in [0.25, 0.3) is 0 Å². The van der Waals surface area contributed by atoms with Gasteiger partial charge >= 0.3 is 18.2 Å². The Morgan fingerprint density at radius 3 is 2.31 bits per heavy atom. The summed E-state index contributed by atoms with van der Waals surface area (Å²) in [5.41, 5.74) is 0.451. The van der Waals surface area contributed by atoms with Gasteiger partial charge in [0.1, 0.15) is 12.0 Å². The summed E-state index contributed by atoms with van der Waals surface area (Å²) in [5.74, 6) is -0.138. The molecule has 1 N–H and O–H groups in total. The maximum atomic E-state index is 14.9. The number of nitrogens with one attached hydrogen (secondary N) is 1. The molecule has 13 heteroatoms. The van der Waals surface area contributed by atoms with Crippen LogP contribution in [0, 0.1) is 29.5 Å². The first-order chi connectivity index (χ1) is 24.4. The second kappa shape index (κ2) is 15.7. The number of benzene rings is 2. The molecule has 3 heterocycles. The van der Waals surface area contributed by atoms with E-state index < -0.39 is 29.4 Å². The molecule has 1 saturated carbocycles. The number of carbonyl (C=O) groups is 2. The topological polar surface area (TPSA) is 74.3 Å². The third-order valence-electron chi connectivity index (χ3n) is 11.9. The molecule has 280 valence electrons. The highest BCUT2D eigenvalue weighted by Gasteiger charge is 2.52. The first-order valence-electron chi connectivity index (χ1n) is 18.1. The van der Waals surface area contributed by atoms with E-state index in [4.69, 9.17) is 9.47 Å². The zero-order chi connectivity index (χ0) is 36.3. The number of rotatable bonds is 12. The van der Waals surface area contributed by atoms with E-state index in [1.807, 2.05) is 6.07 Å². The fourth-order valence-electron chi connectivity index (χ4n) is 9.41. The van der Waals surface area contributed by atoms with Crippen LogP contribution in [0.25, 0.3) is 0 Å². The van der Waals surface area contributed by atoms with Gasteiger partial charge in [-0.1, -0.05) is 18.6 Å². The van der Waals surface area contributed by atoms with Crippen LogP contribution in [-0.2, 0) is 32.4 Å². The minimum Gasteiger partial charge on any atom is -0.469 e. The Hall–Kier alpha value is -3.45. The van der Waals surface area contributed by atoms with E-state index in [0.717, 1.165) is 82.1 Å². The van der Waals surface area contributed by atoms with Crippen LogP contribution in [-0.4, -0.2) is 94.6 Å². The number of hydrogen-bond donors (Lipinski definition) is 1. The van der Waals surface area contributed by atoms with E-state index >= 15 is 0 Å². The fourth-order valence-corrected chi connectivity index (χ4v) is 9.41. The smallest absolute Gasteiger partial charge is 0.416 e. The molecule has 3 aliphatic heterocycles. The molecule has 4 aliphatic rings. The van der Waals surface area contributed by atoms with Gasteiger partial charge in [0.15, 0.2) is 0 Å². The van der Waals surface area contributed by atoms with Crippen LogP contribution in [0.4, 0.5) is 32.4 Å². The van der Waals surface area contributed by atoms with E-state index in [9.17, 15) is 31.5 Å². The first kappa shape index (κ1) is 37.3. The van der Waals surface area contributed by atoms with Gasteiger partial charge < -0.3 is 24.6 Å². The summed E-state index contributed by atoms with van der Waals surface area (Å²) >= 11 is 0. The lowest BCUT2D eigenvalue weighted by molar-refractivity contribution is -0.142. The molecule has 2 aromatic rings. The minimum atomic E-state index is -4.47. The molecule has 6 rings (SSSR count). The molecule has 0 spiro atoms. The fraction of sp³-hybridized carbons (Fsp3) is 0.632. The van der Waals surface area contributed by atoms with E-state index in [2.05, 4.69) is 15.1 Å². The molecule has 8 nitrogen and oxygen atoms in total. The number of anilines is 1. The predicted octanol–water partition coefficient (Wildman–Crippen LogP) is 6.42. The van der Waals surface area contributed by atoms with E-state index in [1.54, 1.807) is 23.1 Å². The van der Waals surface area contributed by atoms with Crippen LogP contribution >= 0.6 is 0 Å². The molecular formula is C38H49F5N4O4. The van der Waals surface area contributed by atoms with Crippen molar-refractivity contribution < 1.29 is 41.0 Å². The Bertz CT molecular complexity index is 1520. The second-order valence-electron chi connectivity index (χ2n) is 15.0. The van der Waals surface area contributed by atoms with Gasteiger partial charge in [0.2, 0.25) is 0 Å². The lowest BCUT2D eigenvalue weighted by atomic mass is 9.57. The molecule has 0 aromatic heterocycles. The Kier molecular flexibility index (Phi) is 11.5. The van der Waals surface area contributed by atoms with Crippen molar-refractivity contribution in [3.63, 3.8) is 0 Å². The highest BCUT2D eigenvalue weighted by atomic mass is 19.4. The summed E-state index contributed by atoms with van der Waals surface area (Å²) in [6, 6.07) is 11.0. The summed E-state index contributed by atoms with van der Waals surface area (Å²) in [6.07, 6.45) is -1.49. The number of likely N-dealkylation sites (tertiary alicyclic amines) is 2. The number of methoxy groups -OCH3 is 2. The standard InChI is InChI=1S/C38H49F5N4O4/c1-50-35(48)16-26-5-3-8-33(26)37(24-44-36(49)51-2,29-6-4-7-30(39)17-29)28-11-13-45(14-12-28)18-25-19-47(20-25)32-9-10-34(38(41,42)43)27(15-32)21-46-22-31(40)23-46/h4,6-7,9-10,15,17,25-26,28,31,33H,3,5,8,11-14,16,18-24H2,1-2H3,(H,44,49)/t26-,33+,37+/m1/s1. The van der Waals surface area contributed by atoms with Gasteiger partial charge in [0.05, 0.1) is 19.8 Å². The zero-order valence-corrected chi connectivity index (χ0v) is 29.4. The molecule has 3 saturated heterocycles. The Morgan fingerprint density at radius 1 is 0.922 bits per heavy atom. The number of halogens is 5.